The Hall–Kier alpha value is -2.89. The van der Waals surface area contributed by atoms with Gasteiger partial charge in [-0.1, -0.05) is 18.2 Å². The Labute approximate surface area is 153 Å². The van der Waals surface area contributed by atoms with E-state index in [9.17, 15) is 9.59 Å². The first-order valence-corrected chi connectivity index (χ1v) is 8.77. The summed E-state index contributed by atoms with van der Waals surface area (Å²) in [5, 5.41) is 2.90. The maximum atomic E-state index is 12.6. The van der Waals surface area contributed by atoms with Gasteiger partial charge in [-0.05, 0) is 38.1 Å². The van der Waals surface area contributed by atoms with Crippen LogP contribution in [0, 0.1) is 5.92 Å². The van der Waals surface area contributed by atoms with Crippen LogP contribution in [0.5, 0.6) is 5.75 Å². The number of nitrogens with zero attached hydrogens (tertiary/aromatic N) is 2. The van der Waals surface area contributed by atoms with Crippen LogP contribution >= 0.6 is 0 Å². The van der Waals surface area contributed by atoms with Crippen molar-refractivity contribution in [3.8, 4) is 5.75 Å². The summed E-state index contributed by atoms with van der Waals surface area (Å²) >= 11 is 0. The van der Waals surface area contributed by atoms with E-state index in [1.165, 1.54) is 0 Å². The molecule has 1 atom stereocenters. The third-order valence-corrected chi connectivity index (χ3v) is 4.17. The molecule has 1 aliphatic rings. The lowest BCUT2D eigenvalue weighted by Crippen LogP contribution is -2.28. The molecule has 0 spiro atoms. The summed E-state index contributed by atoms with van der Waals surface area (Å²) in [5.41, 5.74) is 1.44. The van der Waals surface area contributed by atoms with Gasteiger partial charge in [-0.3, -0.25) is 14.6 Å². The molecule has 136 valence electrons. The second kappa shape index (κ2) is 7.99. The van der Waals surface area contributed by atoms with Crippen molar-refractivity contribution in [2.45, 2.75) is 32.9 Å². The van der Waals surface area contributed by atoms with Gasteiger partial charge in [0.1, 0.15) is 5.75 Å². The zero-order chi connectivity index (χ0) is 18.5. The first-order chi connectivity index (χ1) is 12.5. The second-order valence-electron chi connectivity index (χ2n) is 6.65. The normalized spacial score (nSPS) is 16.8. The molecule has 6 nitrogen and oxygen atoms in total. The summed E-state index contributed by atoms with van der Waals surface area (Å²) < 4.78 is 5.73. The number of benzene rings is 1. The molecule has 1 aliphatic heterocycles. The van der Waals surface area contributed by atoms with Crippen LogP contribution in [-0.2, 0) is 16.1 Å². The van der Waals surface area contributed by atoms with Crippen LogP contribution in [0.2, 0.25) is 0 Å². The van der Waals surface area contributed by atoms with Crippen LogP contribution in [0.4, 0.5) is 5.69 Å². The van der Waals surface area contributed by atoms with Crippen molar-refractivity contribution >= 4 is 17.5 Å². The van der Waals surface area contributed by atoms with Crippen LogP contribution in [0.25, 0.3) is 0 Å². The average Bonchev–Trinajstić information content (AvgIpc) is 2.98. The van der Waals surface area contributed by atoms with Crippen LogP contribution < -0.4 is 10.1 Å². The number of anilines is 1. The van der Waals surface area contributed by atoms with Gasteiger partial charge in [-0.15, -0.1) is 0 Å². The van der Waals surface area contributed by atoms with Crippen LogP contribution in [0.1, 0.15) is 26.0 Å². The number of amides is 2. The number of carbonyl (C=O) groups excluding carboxylic acids is 2. The molecule has 3 rings (SSSR count). The first kappa shape index (κ1) is 17.9. The van der Waals surface area contributed by atoms with Gasteiger partial charge in [-0.2, -0.15) is 0 Å². The summed E-state index contributed by atoms with van der Waals surface area (Å²) in [6.45, 7) is 4.69. The Balaban J connectivity index is 1.63. The van der Waals surface area contributed by atoms with Crippen LogP contribution in [0.15, 0.2) is 48.7 Å². The highest BCUT2D eigenvalue weighted by Gasteiger charge is 2.34. The van der Waals surface area contributed by atoms with Crippen molar-refractivity contribution < 1.29 is 14.3 Å². The summed E-state index contributed by atoms with van der Waals surface area (Å²) in [4.78, 5) is 30.8. The highest BCUT2D eigenvalue weighted by molar-refractivity contribution is 5.98. The Morgan fingerprint density at radius 3 is 2.77 bits per heavy atom. The second-order valence-corrected chi connectivity index (χ2v) is 6.65. The molecule has 2 heterocycles. The fraction of sp³-hybridized carbons (Fsp3) is 0.350. The molecule has 26 heavy (non-hydrogen) atoms. The standard InChI is InChI=1S/C20H23N3O3/c1-14(2)26-18-9-4-3-8-17(18)22-20(25)15-11-19(24)23(12-15)13-16-7-5-6-10-21-16/h3-10,14-15H,11-13H2,1-2H3,(H,22,25). The number of hydrogen-bond acceptors (Lipinski definition) is 4. The van der Waals surface area contributed by atoms with Gasteiger partial charge in [0.25, 0.3) is 0 Å². The fourth-order valence-electron chi connectivity index (χ4n) is 2.95. The molecule has 1 N–H and O–H groups in total. The number of ether oxygens (including phenoxy) is 1. The predicted octanol–water partition coefficient (Wildman–Crippen LogP) is 2.86. The molecule has 1 aromatic heterocycles. The molecule has 1 unspecified atom stereocenters. The van der Waals surface area contributed by atoms with E-state index < -0.39 is 0 Å². The lowest BCUT2D eigenvalue weighted by molar-refractivity contribution is -0.128. The molecular formula is C20H23N3O3. The molecule has 1 fully saturated rings. The zero-order valence-electron chi connectivity index (χ0n) is 15.0. The topological polar surface area (TPSA) is 71.5 Å². The Morgan fingerprint density at radius 2 is 2.04 bits per heavy atom. The van der Waals surface area contributed by atoms with Gasteiger partial charge in [0.15, 0.2) is 0 Å². The Bertz CT molecular complexity index is 777. The lowest BCUT2D eigenvalue weighted by atomic mass is 10.1. The van der Waals surface area contributed by atoms with Crippen molar-refractivity contribution in [1.82, 2.24) is 9.88 Å². The van der Waals surface area contributed by atoms with Gasteiger partial charge in [0, 0.05) is 19.2 Å². The molecule has 2 aromatic rings. The Morgan fingerprint density at radius 1 is 1.27 bits per heavy atom. The van der Waals surface area contributed by atoms with Crippen molar-refractivity contribution in [2.75, 3.05) is 11.9 Å². The molecule has 1 saturated heterocycles. The number of hydrogen-bond donors (Lipinski definition) is 1. The van der Waals surface area contributed by atoms with E-state index in [2.05, 4.69) is 10.3 Å². The first-order valence-electron chi connectivity index (χ1n) is 8.77. The number of likely N-dealkylation sites (tertiary alicyclic amines) is 1. The molecule has 0 saturated carbocycles. The third-order valence-electron chi connectivity index (χ3n) is 4.17. The highest BCUT2D eigenvalue weighted by Crippen LogP contribution is 2.27. The van der Waals surface area contributed by atoms with E-state index in [0.717, 1.165) is 5.69 Å². The molecule has 6 heteroatoms. The maximum absolute atomic E-state index is 12.6. The quantitative estimate of drug-likeness (QED) is 0.867. The minimum atomic E-state index is -0.377. The minimum absolute atomic E-state index is 0.00924. The number of rotatable bonds is 6. The highest BCUT2D eigenvalue weighted by atomic mass is 16.5. The summed E-state index contributed by atoms with van der Waals surface area (Å²) in [6.07, 6.45) is 1.92. The van der Waals surface area contributed by atoms with Crippen LogP contribution in [0.3, 0.4) is 0 Å². The van der Waals surface area contributed by atoms with E-state index in [-0.39, 0.29) is 30.3 Å². The van der Waals surface area contributed by atoms with E-state index >= 15 is 0 Å². The van der Waals surface area contributed by atoms with Crippen molar-refractivity contribution in [3.63, 3.8) is 0 Å². The van der Waals surface area contributed by atoms with Crippen molar-refractivity contribution in [1.29, 1.82) is 0 Å². The predicted molar refractivity (Wildman–Crippen MR) is 98.6 cm³/mol. The number of pyridine rings is 1. The molecular weight excluding hydrogens is 330 g/mol. The molecule has 0 aliphatic carbocycles. The fourth-order valence-corrected chi connectivity index (χ4v) is 2.95. The number of aromatic nitrogens is 1. The SMILES string of the molecule is CC(C)Oc1ccccc1NC(=O)C1CC(=O)N(Cc2ccccn2)C1. The van der Waals surface area contributed by atoms with Gasteiger partial charge in [0.2, 0.25) is 11.8 Å². The van der Waals surface area contributed by atoms with E-state index in [4.69, 9.17) is 4.74 Å². The lowest BCUT2D eigenvalue weighted by Gasteiger charge is -2.17. The largest absolute Gasteiger partial charge is 0.489 e. The van der Waals surface area contributed by atoms with E-state index in [0.29, 0.717) is 24.5 Å². The molecule has 0 radical (unpaired) electrons. The minimum Gasteiger partial charge on any atom is -0.489 e. The van der Waals surface area contributed by atoms with E-state index in [1.807, 2.05) is 50.2 Å². The average molecular weight is 353 g/mol. The van der Waals surface area contributed by atoms with Crippen molar-refractivity contribution in [3.05, 3.63) is 54.4 Å². The van der Waals surface area contributed by atoms with Crippen LogP contribution in [-0.4, -0.2) is 34.3 Å². The Kier molecular flexibility index (Phi) is 5.51. The summed E-state index contributed by atoms with van der Waals surface area (Å²) in [6, 6.07) is 12.9. The zero-order valence-corrected chi connectivity index (χ0v) is 15.0. The number of carbonyl (C=O) groups is 2. The summed E-state index contributed by atoms with van der Waals surface area (Å²) in [5.74, 6) is 0.0630. The van der Waals surface area contributed by atoms with E-state index in [1.54, 1.807) is 17.2 Å². The smallest absolute Gasteiger partial charge is 0.229 e. The number of para-hydroxylation sites is 2. The summed E-state index contributed by atoms with van der Waals surface area (Å²) in [7, 11) is 0. The molecule has 1 aromatic carbocycles. The van der Waals surface area contributed by atoms with Gasteiger partial charge in [-0.25, -0.2) is 0 Å². The third kappa shape index (κ3) is 4.39. The van der Waals surface area contributed by atoms with Gasteiger partial charge >= 0.3 is 0 Å². The van der Waals surface area contributed by atoms with Crippen molar-refractivity contribution in [2.24, 2.45) is 5.92 Å². The van der Waals surface area contributed by atoms with Gasteiger partial charge < -0.3 is 15.0 Å². The molecule has 0 bridgehead atoms. The van der Waals surface area contributed by atoms with Gasteiger partial charge in [0.05, 0.1) is 29.9 Å². The monoisotopic (exact) mass is 353 g/mol. The molecule has 2 amide bonds. The maximum Gasteiger partial charge on any atom is 0.229 e. The number of nitrogens with one attached hydrogen (secondary N) is 1.